The summed E-state index contributed by atoms with van der Waals surface area (Å²) in [4.78, 5) is 11.2. The van der Waals surface area contributed by atoms with Gasteiger partial charge in [0.2, 0.25) is 5.95 Å². The highest BCUT2D eigenvalue weighted by Gasteiger charge is 2.35. The van der Waals surface area contributed by atoms with Crippen LogP contribution in [0.3, 0.4) is 0 Å². The lowest BCUT2D eigenvalue weighted by molar-refractivity contribution is -0.144. The Morgan fingerprint density at radius 1 is 0.931 bits per heavy atom. The molecule has 1 aromatic heterocycles. The number of alkyl halides is 6. The summed E-state index contributed by atoms with van der Waals surface area (Å²) >= 11 is 0. The van der Waals surface area contributed by atoms with Crippen molar-refractivity contribution >= 4 is 11.8 Å². The van der Waals surface area contributed by atoms with Crippen molar-refractivity contribution in [2.45, 2.75) is 44.2 Å². The number of nitrogens with zero attached hydrogens (tertiary/aromatic N) is 4. The van der Waals surface area contributed by atoms with Crippen LogP contribution in [0.2, 0.25) is 0 Å². The van der Waals surface area contributed by atoms with Gasteiger partial charge in [0.25, 0.3) is 0 Å². The predicted octanol–water partition coefficient (Wildman–Crippen LogP) is 2.88. The summed E-state index contributed by atoms with van der Waals surface area (Å²) in [6.07, 6.45) is -5.75. The summed E-state index contributed by atoms with van der Waals surface area (Å²) in [5.41, 5.74) is 0.745. The van der Waals surface area contributed by atoms with E-state index in [1.165, 1.54) is 9.80 Å². The maximum atomic E-state index is 12.5. The number of halogens is 6. The van der Waals surface area contributed by atoms with Crippen LogP contribution in [0.15, 0.2) is 6.20 Å². The van der Waals surface area contributed by atoms with Crippen molar-refractivity contribution in [3.63, 3.8) is 0 Å². The molecule has 0 spiro atoms. The van der Waals surface area contributed by atoms with Crippen LogP contribution in [0.25, 0.3) is 0 Å². The molecule has 2 atom stereocenters. The number of aromatic nitrogens is 2. The molecule has 2 saturated heterocycles. The van der Waals surface area contributed by atoms with E-state index >= 15 is 0 Å². The number of rotatable bonds is 6. The molecule has 2 unspecified atom stereocenters. The highest BCUT2D eigenvalue weighted by molar-refractivity contribution is 5.47. The van der Waals surface area contributed by atoms with Gasteiger partial charge in [-0.3, -0.25) is 9.80 Å². The Morgan fingerprint density at radius 3 is 1.97 bits per heavy atom. The van der Waals surface area contributed by atoms with Crippen molar-refractivity contribution in [3.05, 3.63) is 11.8 Å². The topological polar surface area (TPSA) is 56.3 Å². The molecular formula is C17H24F6N6. The quantitative estimate of drug-likeness (QED) is 0.683. The summed E-state index contributed by atoms with van der Waals surface area (Å²) in [7, 11) is 0. The number of aryl methyl sites for hydroxylation is 1. The molecule has 0 radical (unpaired) electrons. The molecular weight excluding hydrogens is 402 g/mol. The number of hydrogen-bond acceptors (Lipinski definition) is 6. The van der Waals surface area contributed by atoms with Crippen LogP contribution in [0.5, 0.6) is 0 Å². The predicted molar refractivity (Wildman–Crippen MR) is 95.8 cm³/mol. The maximum absolute atomic E-state index is 12.5. The van der Waals surface area contributed by atoms with Crippen LogP contribution >= 0.6 is 0 Å². The standard InChI is InChI=1S/C17H24F6N6/c1-11-6-24-15(26-13-3-5-29(8-13)10-17(21,22)23)27-14(11)25-12-2-4-28(7-12)9-16(18,19)20/h6,12-13H,2-5,7-10H2,1H3,(H2,24,25,26,27). The number of nitrogens with one attached hydrogen (secondary N) is 2. The minimum atomic E-state index is -4.23. The second-order valence-electron chi connectivity index (χ2n) is 7.69. The molecule has 0 saturated carbocycles. The fraction of sp³-hybridized carbons (Fsp3) is 0.765. The third kappa shape index (κ3) is 6.88. The Morgan fingerprint density at radius 2 is 1.45 bits per heavy atom. The first-order valence-corrected chi connectivity index (χ1v) is 9.42. The van der Waals surface area contributed by atoms with E-state index in [1.807, 2.05) is 0 Å². The monoisotopic (exact) mass is 426 g/mol. The van der Waals surface area contributed by atoms with Gasteiger partial charge >= 0.3 is 12.4 Å². The maximum Gasteiger partial charge on any atom is 0.401 e. The molecule has 2 fully saturated rings. The van der Waals surface area contributed by atoms with Gasteiger partial charge in [-0.15, -0.1) is 0 Å². The lowest BCUT2D eigenvalue weighted by Gasteiger charge is -2.20. The van der Waals surface area contributed by atoms with Gasteiger partial charge in [-0.2, -0.15) is 31.3 Å². The SMILES string of the molecule is Cc1cnc(NC2CCN(CC(F)(F)F)C2)nc1NC1CCN(CC(F)(F)F)C1. The second-order valence-corrected chi connectivity index (χ2v) is 7.69. The summed E-state index contributed by atoms with van der Waals surface area (Å²) in [5.74, 6) is 0.814. The molecule has 164 valence electrons. The van der Waals surface area contributed by atoms with Gasteiger partial charge in [0.1, 0.15) is 5.82 Å². The highest BCUT2D eigenvalue weighted by Crippen LogP contribution is 2.24. The van der Waals surface area contributed by atoms with Gasteiger partial charge in [-0.25, -0.2) is 4.98 Å². The van der Waals surface area contributed by atoms with Crippen LogP contribution < -0.4 is 10.6 Å². The Hall–Kier alpha value is -1.82. The molecule has 0 amide bonds. The molecule has 2 N–H and O–H groups in total. The number of anilines is 2. The van der Waals surface area contributed by atoms with Gasteiger partial charge < -0.3 is 10.6 Å². The van der Waals surface area contributed by atoms with E-state index in [0.29, 0.717) is 37.7 Å². The molecule has 2 aliphatic heterocycles. The molecule has 3 heterocycles. The smallest absolute Gasteiger partial charge is 0.366 e. The van der Waals surface area contributed by atoms with Crippen molar-refractivity contribution in [1.82, 2.24) is 19.8 Å². The van der Waals surface area contributed by atoms with Gasteiger partial charge in [0.05, 0.1) is 13.1 Å². The zero-order valence-electron chi connectivity index (χ0n) is 15.9. The van der Waals surface area contributed by atoms with Crippen molar-refractivity contribution in [3.8, 4) is 0 Å². The Bertz CT molecular complexity index is 694. The lowest BCUT2D eigenvalue weighted by atomic mass is 10.2. The second kappa shape index (κ2) is 8.50. The normalized spacial score (nSPS) is 24.2. The third-order valence-corrected chi connectivity index (χ3v) is 5.00. The van der Waals surface area contributed by atoms with Crippen molar-refractivity contribution in [1.29, 1.82) is 0 Å². The number of hydrogen-bond donors (Lipinski definition) is 2. The minimum absolute atomic E-state index is 0.160. The average Bonchev–Trinajstić information content (AvgIpc) is 3.17. The molecule has 0 bridgehead atoms. The summed E-state index contributed by atoms with van der Waals surface area (Å²) in [5, 5.41) is 6.23. The fourth-order valence-electron chi connectivity index (χ4n) is 3.73. The summed E-state index contributed by atoms with van der Waals surface area (Å²) in [6, 6.07) is -0.353. The van der Waals surface area contributed by atoms with E-state index in [2.05, 4.69) is 20.6 Å². The van der Waals surface area contributed by atoms with Crippen molar-refractivity contribution < 1.29 is 26.3 Å². The molecule has 2 aliphatic rings. The molecule has 0 aromatic carbocycles. The largest absolute Gasteiger partial charge is 0.401 e. The lowest BCUT2D eigenvalue weighted by Crippen LogP contribution is -2.34. The van der Waals surface area contributed by atoms with E-state index in [9.17, 15) is 26.3 Å². The fourth-order valence-corrected chi connectivity index (χ4v) is 3.73. The van der Waals surface area contributed by atoms with Crippen LogP contribution in [0, 0.1) is 6.92 Å². The first-order chi connectivity index (χ1) is 13.5. The minimum Gasteiger partial charge on any atom is -0.366 e. The van der Waals surface area contributed by atoms with E-state index in [-0.39, 0.29) is 25.2 Å². The Balaban J connectivity index is 1.54. The Kier molecular flexibility index (Phi) is 6.42. The number of likely N-dealkylation sites (tertiary alicyclic amines) is 2. The van der Waals surface area contributed by atoms with Crippen LogP contribution in [-0.4, -0.2) is 83.5 Å². The van der Waals surface area contributed by atoms with Gasteiger partial charge in [0.15, 0.2) is 0 Å². The summed E-state index contributed by atoms with van der Waals surface area (Å²) < 4.78 is 75.1. The van der Waals surface area contributed by atoms with E-state index in [0.717, 1.165) is 5.56 Å². The molecule has 29 heavy (non-hydrogen) atoms. The Labute approximate surface area is 164 Å². The van der Waals surface area contributed by atoms with Gasteiger partial charge in [-0.1, -0.05) is 0 Å². The molecule has 12 heteroatoms. The van der Waals surface area contributed by atoms with Crippen LogP contribution in [0.1, 0.15) is 18.4 Å². The zero-order valence-corrected chi connectivity index (χ0v) is 15.9. The van der Waals surface area contributed by atoms with Crippen LogP contribution in [-0.2, 0) is 0 Å². The molecule has 0 aliphatic carbocycles. The third-order valence-electron chi connectivity index (χ3n) is 5.00. The van der Waals surface area contributed by atoms with E-state index in [1.54, 1.807) is 13.1 Å². The van der Waals surface area contributed by atoms with Gasteiger partial charge in [0, 0.05) is 50.0 Å². The van der Waals surface area contributed by atoms with E-state index in [4.69, 9.17) is 0 Å². The first kappa shape index (κ1) is 21.9. The summed E-state index contributed by atoms with van der Waals surface area (Å²) in [6.45, 7) is 1.11. The molecule has 3 rings (SSSR count). The molecule has 6 nitrogen and oxygen atoms in total. The van der Waals surface area contributed by atoms with Gasteiger partial charge in [-0.05, 0) is 19.8 Å². The van der Waals surface area contributed by atoms with Crippen LogP contribution in [0.4, 0.5) is 38.1 Å². The highest BCUT2D eigenvalue weighted by atomic mass is 19.4. The van der Waals surface area contributed by atoms with Crippen molar-refractivity contribution in [2.24, 2.45) is 0 Å². The zero-order chi connectivity index (χ0) is 21.2. The van der Waals surface area contributed by atoms with E-state index < -0.39 is 25.4 Å². The first-order valence-electron chi connectivity index (χ1n) is 9.42. The van der Waals surface area contributed by atoms with Crippen molar-refractivity contribution in [2.75, 3.05) is 49.9 Å². The average molecular weight is 426 g/mol. The molecule has 1 aromatic rings.